The molecule has 2 aromatic rings. The average Bonchev–Trinajstić information content (AvgIpc) is 2.69. The lowest BCUT2D eigenvalue weighted by Crippen LogP contribution is -2.68. The van der Waals surface area contributed by atoms with Gasteiger partial charge >= 0.3 is 0 Å². The zero-order chi connectivity index (χ0) is 17.6. The van der Waals surface area contributed by atoms with Gasteiger partial charge in [0.05, 0.1) is 31.8 Å². The molecule has 4 aliphatic rings. The molecule has 3 nitrogen and oxygen atoms in total. The number of ether oxygens (including phenoxy) is 1. The van der Waals surface area contributed by atoms with E-state index in [0.29, 0.717) is 18.6 Å². The first-order valence-electron chi connectivity index (χ1n) is 9.89. The smallest absolute Gasteiger partial charge is 0.135 e. The molecule has 0 radical (unpaired) electrons. The Morgan fingerprint density at radius 2 is 2.12 bits per heavy atom. The van der Waals surface area contributed by atoms with Crippen LogP contribution in [-0.4, -0.2) is 41.8 Å². The highest BCUT2D eigenvalue weighted by atomic mass is 16.5. The Hall–Kier alpha value is -1.97. The summed E-state index contributed by atoms with van der Waals surface area (Å²) in [5, 5.41) is 1.24. The Labute approximate surface area is 155 Å². The predicted molar refractivity (Wildman–Crippen MR) is 105 cm³/mol. The molecule has 5 heterocycles. The molecule has 1 spiro atoms. The number of aromatic nitrogens is 1. The van der Waals surface area contributed by atoms with Crippen molar-refractivity contribution in [2.24, 2.45) is 11.8 Å². The number of pyridine rings is 1. The third-order valence-electron chi connectivity index (χ3n) is 7.02. The Morgan fingerprint density at radius 1 is 1.19 bits per heavy atom. The van der Waals surface area contributed by atoms with E-state index in [1.807, 2.05) is 6.20 Å². The summed E-state index contributed by atoms with van der Waals surface area (Å²) in [5.41, 5.74) is 2.38. The van der Waals surface area contributed by atoms with Gasteiger partial charge in [-0.3, -0.25) is 4.98 Å². The van der Waals surface area contributed by atoms with Gasteiger partial charge in [0.2, 0.25) is 0 Å². The van der Waals surface area contributed by atoms with E-state index in [9.17, 15) is 0 Å². The number of para-hydroxylation sites is 1. The summed E-state index contributed by atoms with van der Waals surface area (Å²) >= 11 is 0. The van der Waals surface area contributed by atoms with E-state index in [1.165, 1.54) is 36.9 Å². The molecule has 3 heteroatoms. The van der Waals surface area contributed by atoms with Crippen molar-refractivity contribution in [3.63, 3.8) is 0 Å². The van der Waals surface area contributed by atoms with Crippen LogP contribution in [0.3, 0.4) is 0 Å². The standard InChI is InChI=1S/C23H27N2O/c1-2-17-16-25-12-5-6-14-26-23(22(25)15-18(17)10-13-25)20-9-11-24-21-8-4-3-7-19(20)21/h2-9,11,17-18,22-23H,1,10,12-16H2/q+1/b6-5-/t17-,18-,22-,23+,25-/m0/s1. The number of piperidine rings is 3. The lowest BCUT2D eigenvalue weighted by molar-refractivity contribution is -0.968. The molecular formula is C23H27N2O+. The zero-order valence-electron chi connectivity index (χ0n) is 15.3. The van der Waals surface area contributed by atoms with Crippen LogP contribution < -0.4 is 0 Å². The predicted octanol–water partition coefficient (Wildman–Crippen LogP) is 4.27. The molecule has 3 fully saturated rings. The van der Waals surface area contributed by atoms with E-state index in [-0.39, 0.29) is 6.10 Å². The third kappa shape index (κ3) is 2.45. The third-order valence-corrected chi connectivity index (χ3v) is 7.02. The van der Waals surface area contributed by atoms with Crippen LogP contribution in [0.2, 0.25) is 0 Å². The van der Waals surface area contributed by atoms with Crippen LogP contribution in [0.25, 0.3) is 10.9 Å². The summed E-state index contributed by atoms with van der Waals surface area (Å²) in [6, 6.07) is 11.2. The van der Waals surface area contributed by atoms with Gasteiger partial charge in [-0.25, -0.2) is 0 Å². The van der Waals surface area contributed by atoms with Crippen LogP contribution in [-0.2, 0) is 4.74 Å². The summed E-state index contributed by atoms with van der Waals surface area (Å²) in [6.07, 6.45) is 11.4. The van der Waals surface area contributed by atoms with E-state index in [4.69, 9.17) is 4.74 Å². The van der Waals surface area contributed by atoms with Crippen molar-refractivity contribution in [2.75, 3.05) is 26.2 Å². The van der Waals surface area contributed by atoms with Crippen molar-refractivity contribution in [3.8, 4) is 0 Å². The number of hydrogen-bond donors (Lipinski definition) is 0. The fourth-order valence-electron chi connectivity index (χ4n) is 5.69. The van der Waals surface area contributed by atoms with Crippen molar-refractivity contribution < 1.29 is 9.22 Å². The van der Waals surface area contributed by atoms with Crippen LogP contribution in [0.5, 0.6) is 0 Å². The second-order valence-corrected chi connectivity index (χ2v) is 8.20. The van der Waals surface area contributed by atoms with Crippen LogP contribution in [0.4, 0.5) is 0 Å². The van der Waals surface area contributed by atoms with Gasteiger partial charge in [0, 0.05) is 30.3 Å². The van der Waals surface area contributed by atoms with Gasteiger partial charge in [-0.15, -0.1) is 6.58 Å². The second kappa shape index (κ2) is 6.33. The van der Waals surface area contributed by atoms with Crippen LogP contribution in [0.15, 0.2) is 61.3 Å². The monoisotopic (exact) mass is 347 g/mol. The van der Waals surface area contributed by atoms with E-state index in [0.717, 1.165) is 22.5 Å². The molecule has 26 heavy (non-hydrogen) atoms. The van der Waals surface area contributed by atoms with Crippen LogP contribution in [0.1, 0.15) is 24.5 Å². The maximum atomic E-state index is 6.51. The normalized spacial score (nSPS) is 37.5. The summed E-state index contributed by atoms with van der Waals surface area (Å²) in [5.74, 6) is 1.42. The molecule has 5 atom stereocenters. The van der Waals surface area contributed by atoms with E-state index < -0.39 is 0 Å². The lowest BCUT2D eigenvalue weighted by Gasteiger charge is -2.58. The van der Waals surface area contributed by atoms with Gasteiger partial charge in [0.1, 0.15) is 12.1 Å². The van der Waals surface area contributed by atoms with Gasteiger partial charge < -0.3 is 9.22 Å². The number of nitrogens with zero attached hydrogens (tertiary/aromatic N) is 2. The fraction of sp³-hybridized carbons (Fsp3) is 0.435. The molecule has 3 saturated heterocycles. The molecule has 1 aromatic heterocycles. The maximum absolute atomic E-state index is 6.51. The quantitative estimate of drug-likeness (QED) is 0.598. The Balaban J connectivity index is 1.62. The molecule has 0 amide bonds. The number of quaternary nitrogens is 1. The number of hydrogen-bond acceptors (Lipinski definition) is 2. The van der Waals surface area contributed by atoms with Gasteiger partial charge in [-0.2, -0.15) is 0 Å². The molecule has 0 unspecified atom stereocenters. The second-order valence-electron chi connectivity index (χ2n) is 8.20. The number of benzene rings is 1. The lowest BCUT2D eigenvalue weighted by atomic mass is 9.71. The first-order valence-corrected chi connectivity index (χ1v) is 9.89. The minimum Gasteiger partial charge on any atom is -0.363 e. The summed E-state index contributed by atoms with van der Waals surface area (Å²) in [6.45, 7) is 8.45. The van der Waals surface area contributed by atoms with Crippen molar-refractivity contribution in [1.29, 1.82) is 0 Å². The first-order chi connectivity index (χ1) is 12.8. The largest absolute Gasteiger partial charge is 0.363 e. The Bertz CT molecular complexity index is 855. The van der Waals surface area contributed by atoms with Crippen molar-refractivity contribution in [3.05, 3.63) is 66.9 Å². The molecule has 0 N–H and O–H groups in total. The maximum Gasteiger partial charge on any atom is 0.135 e. The zero-order valence-corrected chi connectivity index (χ0v) is 15.3. The first kappa shape index (κ1) is 16.2. The highest BCUT2D eigenvalue weighted by Crippen LogP contribution is 2.48. The topological polar surface area (TPSA) is 22.1 Å². The van der Waals surface area contributed by atoms with E-state index in [1.54, 1.807) is 0 Å². The van der Waals surface area contributed by atoms with Gasteiger partial charge in [-0.05, 0) is 29.7 Å². The van der Waals surface area contributed by atoms with Gasteiger partial charge in [-0.1, -0.05) is 30.4 Å². The number of fused-ring (bicyclic) bond motifs is 3. The van der Waals surface area contributed by atoms with Crippen LogP contribution in [0, 0.1) is 11.8 Å². The molecule has 1 aromatic carbocycles. The van der Waals surface area contributed by atoms with E-state index >= 15 is 0 Å². The Morgan fingerprint density at radius 3 is 3.04 bits per heavy atom. The molecule has 0 saturated carbocycles. The summed E-state index contributed by atoms with van der Waals surface area (Å²) in [7, 11) is 0. The highest BCUT2D eigenvalue weighted by Gasteiger charge is 2.54. The highest BCUT2D eigenvalue weighted by molar-refractivity contribution is 5.82. The van der Waals surface area contributed by atoms with E-state index in [2.05, 4.69) is 60.1 Å². The van der Waals surface area contributed by atoms with Crippen molar-refractivity contribution in [1.82, 2.24) is 4.98 Å². The summed E-state index contributed by atoms with van der Waals surface area (Å²) < 4.78 is 7.66. The SMILES string of the molecule is C=C[C@H]1C[N@@+]23C/C=C\CO[C@H](c4ccnc5ccccc45)[C@@H]2C[C@@H]1CC3. The molecule has 6 rings (SSSR count). The minimum atomic E-state index is 0.140. The van der Waals surface area contributed by atoms with Crippen molar-refractivity contribution in [2.45, 2.75) is 25.0 Å². The van der Waals surface area contributed by atoms with Gasteiger partial charge in [0.15, 0.2) is 0 Å². The molecule has 2 bridgehead atoms. The van der Waals surface area contributed by atoms with Gasteiger partial charge in [0.25, 0.3) is 0 Å². The molecular weight excluding hydrogens is 320 g/mol. The van der Waals surface area contributed by atoms with Crippen LogP contribution >= 0.6 is 0 Å². The number of rotatable bonds is 2. The molecule has 4 aliphatic heterocycles. The fourth-order valence-corrected chi connectivity index (χ4v) is 5.69. The average molecular weight is 347 g/mol. The molecule has 134 valence electrons. The summed E-state index contributed by atoms with van der Waals surface area (Å²) in [4.78, 5) is 4.57. The Kier molecular flexibility index (Phi) is 3.95. The minimum absolute atomic E-state index is 0.140. The van der Waals surface area contributed by atoms with Crippen molar-refractivity contribution >= 4 is 10.9 Å². The molecule has 0 aliphatic carbocycles.